The molecule has 5 N–H and O–H groups in total. The summed E-state index contributed by atoms with van der Waals surface area (Å²) in [5.74, 6) is -1.81. The summed E-state index contributed by atoms with van der Waals surface area (Å²) in [6.07, 6.45) is 1.13. The molecule has 0 spiro atoms. The highest BCUT2D eigenvalue weighted by Gasteiger charge is 2.28. The maximum Gasteiger partial charge on any atom is 0.188 e. The standard InChI is InChI=1S/C25H19NO7/c1-3-32-33-11(2)10-26-22-23(29)20-16-12-6-4-5-7-13(12)17(21(20)24(30)25(22)31)19-15(28)9-8-14(27)18(16)19/h4-10,27-31H,2-3H2,1H3. The molecule has 0 fully saturated rings. The van der Waals surface area contributed by atoms with E-state index in [9.17, 15) is 25.5 Å². The summed E-state index contributed by atoms with van der Waals surface area (Å²) >= 11 is 0. The van der Waals surface area contributed by atoms with Crippen molar-refractivity contribution >= 4 is 55.0 Å². The van der Waals surface area contributed by atoms with Crippen molar-refractivity contribution in [3.05, 3.63) is 48.7 Å². The molecule has 2 bridgehead atoms. The van der Waals surface area contributed by atoms with Gasteiger partial charge in [-0.1, -0.05) is 30.8 Å². The van der Waals surface area contributed by atoms with Gasteiger partial charge in [0.1, 0.15) is 11.5 Å². The molecule has 166 valence electrons. The number of hydrogen-bond donors (Lipinski definition) is 5. The number of nitrogens with zero attached hydrogens (tertiary/aromatic N) is 1. The maximum absolute atomic E-state index is 11.2. The zero-order valence-electron chi connectivity index (χ0n) is 17.5. The van der Waals surface area contributed by atoms with Gasteiger partial charge in [0.05, 0.1) is 12.8 Å². The molecule has 0 heterocycles. The predicted molar refractivity (Wildman–Crippen MR) is 126 cm³/mol. The van der Waals surface area contributed by atoms with E-state index in [0.717, 1.165) is 6.21 Å². The van der Waals surface area contributed by atoms with Gasteiger partial charge in [-0.05, 0) is 29.8 Å². The van der Waals surface area contributed by atoms with Crippen LogP contribution in [0.1, 0.15) is 6.92 Å². The topological polar surface area (TPSA) is 132 Å². The Balaban J connectivity index is 1.97. The van der Waals surface area contributed by atoms with Gasteiger partial charge in [0.25, 0.3) is 0 Å². The lowest BCUT2D eigenvalue weighted by molar-refractivity contribution is -0.250. The fraction of sp³-hybridized carbons (Fsp3) is 0.0800. The highest BCUT2D eigenvalue weighted by molar-refractivity contribution is 6.44. The van der Waals surface area contributed by atoms with Crippen LogP contribution in [-0.2, 0) is 9.78 Å². The summed E-state index contributed by atoms with van der Waals surface area (Å²) in [6.45, 7) is 5.59. The molecule has 0 radical (unpaired) electrons. The number of allylic oxidation sites excluding steroid dienone is 1. The predicted octanol–water partition coefficient (Wildman–Crippen LogP) is 5.45. The van der Waals surface area contributed by atoms with E-state index in [-0.39, 0.29) is 40.3 Å². The van der Waals surface area contributed by atoms with E-state index in [1.165, 1.54) is 12.1 Å². The van der Waals surface area contributed by atoms with Gasteiger partial charge in [-0.2, -0.15) is 4.89 Å². The number of rotatable bonds is 5. The Hall–Kier alpha value is -4.43. The zero-order valence-corrected chi connectivity index (χ0v) is 17.5. The van der Waals surface area contributed by atoms with Crippen LogP contribution < -0.4 is 0 Å². The van der Waals surface area contributed by atoms with Gasteiger partial charge in [0, 0.05) is 32.3 Å². The van der Waals surface area contributed by atoms with Crippen LogP contribution in [0.25, 0.3) is 43.1 Å². The van der Waals surface area contributed by atoms with E-state index >= 15 is 0 Å². The van der Waals surface area contributed by atoms with Gasteiger partial charge in [-0.15, -0.1) is 0 Å². The van der Waals surface area contributed by atoms with Crippen molar-refractivity contribution in [3.63, 3.8) is 0 Å². The van der Waals surface area contributed by atoms with Crippen molar-refractivity contribution in [1.29, 1.82) is 0 Å². The Morgan fingerprint density at radius 3 is 1.88 bits per heavy atom. The third-order valence-electron chi connectivity index (χ3n) is 5.65. The van der Waals surface area contributed by atoms with Crippen LogP contribution in [-0.4, -0.2) is 38.4 Å². The van der Waals surface area contributed by atoms with Crippen LogP contribution in [0.15, 0.2) is 53.7 Å². The molecule has 8 heteroatoms. The Morgan fingerprint density at radius 2 is 1.33 bits per heavy atom. The fourth-order valence-corrected chi connectivity index (χ4v) is 4.39. The van der Waals surface area contributed by atoms with E-state index in [4.69, 9.17) is 9.78 Å². The third-order valence-corrected chi connectivity index (χ3v) is 5.65. The van der Waals surface area contributed by atoms with Crippen LogP contribution in [0.3, 0.4) is 0 Å². The minimum Gasteiger partial charge on any atom is -0.507 e. The summed E-state index contributed by atoms with van der Waals surface area (Å²) in [5, 5.41) is 57.3. The molecule has 6 rings (SSSR count). The third kappa shape index (κ3) is 2.78. The molecule has 0 saturated heterocycles. The summed E-state index contributed by atoms with van der Waals surface area (Å²) < 4.78 is 0. The summed E-state index contributed by atoms with van der Waals surface area (Å²) in [6, 6.07) is 9.92. The Labute approximate surface area is 186 Å². The van der Waals surface area contributed by atoms with Gasteiger partial charge in [0.2, 0.25) is 0 Å². The van der Waals surface area contributed by atoms with E-state index in [0.29, 0.717) is 32.3 Å². The maximum atomic E-state index is 11.2. The number of aromatic hydroxyl groups is 5. The first-order valence-electron chi connectivity index (χ1n) is 10.1. The lowest BCUT2D eigenvalue weighted by atomic mass is 9.84. The quantitative estimate of drug-likeness (QED) is 0.0462. The Morgan fingerprint density at radius 1 is 0.788 bits per heavy atom. The molecule has 6 aromatic carbocycles. The first kappa shape index (κ1) is 20.5. The van der Waals surface area contributed by atoms with Crippen LogP contribution in [0, 0.1) is 0 Å². The lowest BCUT2D eigenvalue weighted by Crippen LogP contribution is -1.94. The SMILES string of the molecule is C=C(C=Nc1c(O)c(O)c2c(c1O)c1c3ccccc3c2c2c(O)ccc(O)c21)OOCC. The molecule has 0 aliphatic heterocycles. The molecule has 0 aromatic heterocycles. The lowest BCUT2D eigenvalue weighted by Gasteiger charge is -2.21. The van der Waals surface area contributed by atoms with Gasteiger partial charge < -0.3 is 30.4 Å². The molecule has 0 aliphatic rings. The van der Waals surface area contributed by atoms with Gasteiger partial charge >= 0.3 is 0 Å². The average molecular weight is 445 g/mol. The summed E-state index contributed by atoms with van der Waals surface area (Å²) in [7, 11) is 0. The summed E-state index contributed by atoms with van der Waals surface area (Å²) in [4.78, 5) is 13.7. The van der Waals surface area contributed by atoms with Crippen molar-refractivity contribution in [1.82, 2.24) is 0 Å². The van der Waals surface area contributed by atoms with Crippen LogP contribution in [0.2, 0.25) is 0 Å². The van der Waals surface area contributed by atoms with Crippen LogP contribution >= 0.6 is 0 Å². The van der Waals surface area contributed by atoms with Gasteiger partial charge in [-0.3, -0.25) is 0 Å². The zero-order chi connectivity index (χ0) is 23.4. The van der Waals surface area contributed by atoms with Crippen molar-refractivity contribution in [3.8, 4) is 28.7 Å². The highest BCUT2D eigenvalue weighted by atomic mass is 17.2. The number of phenolic OH excluding ortho intramolecular Hbond substituents is 5. The number of aliphatic imine (C=N–C) groups is 1. The molecule has 0 saturated carbocycles. The molecular weight excluding hydrogens is 426 g/mol. The summed E-state index contributed by atoms with van der Waals surface area (Å²) in [5.41, 5.74) is -0.313. The van der Waals surface area contributed by atoms with E-state index in [1.54, 1.807) is 25.1 Å². The van der Waals surface area contributed by atoms with Crippen molar-refractivity contribution < 1.29 is 35.3 Å². The second-order valence-electron chi connectivity index (χ2n) is 7.51. The average Bonchev–Trinajstić information content (AvgIpc) is 2.82. The Bertz CT molecular complexity index is 1620. The molecule has 0 atom stereocenters. The molecule has 33 heavy (non-hydrogen) atoms. The van der Waals surface area contributed by atoms with E-state index < -0.39 is 17.2 Å². The molecule has 0 aliphatic carbocycles. The second kappa shape index (κ2) is 7.32. The minimum atomic E-state index is -0.661. The largest absolute Gasteiger partial charge is 0.507 e. The van der Waals surface area contributed by atoms with Crippen molar-refractivity contribution in [2.24, 2.45) is 4.99 Å². The normalized spacial score (nSPS) is 12.0. The number of phenols is 5. The van der Waals surface area contributed by atoms with Gasteiger partial charge in [-0.25, -0.2) is 4.99 Å². The molecule has 0 unspecified atom stereocenters. The second-order valence-corrected chi connectivity index (χ2v) is 7.51. The van der Waals surface area contributed by atoms with Crippen LogP contribution in [0.5, 0.6) is 28.7 Å². The highest BCUT2D eigenvalue weighted by Crippen LogP contribution is 2.58. The smallest absolute Gasteiger partial charge is 0.188 e. The first-order valence-corrected chi connectivity index (χ1v) is 10.1. The van der Waals surface area contributed by atoms with Crippen molar-refractivity contribution in [2.45, 2.75) is 6.92 Å². The van der Waals surface area contributed by atoms with Crippen molar-refractivity contribution in [2.75, 3.05) is 6.61 Å². The van der Waals surface area contributed by atoms with E-state index in [2.05, 4.69) is 11.6 Å². The number of benzene rings is 6. The molecule has 8 nitrogen and oxygen atoms in total. The molecule has 0 amide bonds. The first-order chi connectivity index (χ1) is 15.9. The number of hydrogen-bond acceptors (Lipinski definition) is 8. The minimum absolute atomic E-state index is 0.00895. The van der Waals surface area contributed by atoms with Gasteiger partial charge in [0.15, 0.2) is 28.7 Å². The Kier molecular flexibility index (Phi) is 4.54. The fourth-order valence-electron chi connectivity index (χ4n) is 4.39. The molecule has 6 aromatic rings. The molecular formula is C25H19NO7. The monoisotopic (exact) mass is 445 g/mol. The van der Waals surface area contributed by atoms with E-state index in [1.807, 2.05) is 6.07 Å². The van der Waals surface area contributed by atoms with Crippen LogP contribution in [0.4, 0.5) is 5.69 Å².